The summed E-state index contributed by atoms with van der Waals surface area (Å²) in [5.41, 5.74) is 15.4. The Morgan fingerprint density at radius 3 is 2.47 bits per heavy atom. The number of nitrogens with two attached hydrogens (primary N) is 2. The Kier molecular flexibility index (Phi) is 5.84. The van der Waals surface area contributed by atoms with Crippen LogP contribution in [0.2, 0.25) is 0 Å². The Morgan fingerprint density at radius 1 is 1.15 bits per heavy atom. The molecule has 0 radical (unpaired) electrons. The summed E-state index contributed by atoms with van der Waals surface area (Å²) in [6.45, 7) is 4.86. The summed E-state index contributed by atoms with van der Waals surface area (Å²) in [5.74, 6) is 0.120. The molecule has 1 saturated heterocycles. The normalized spacial score (nSPS) is 16.9. The summed E-state index contributed by atoms with van der Waals surface area (Å²) in [6, 6.07) is 10.8. The number of carbonyl (C=O) groups is 1. The molecule has 1 aliphatic carbocycles. The minimum absolute atomic E-state index is 0.0605. The van der Waals surface area contributed by atoms with Gasteiger partial charge in [0.2, 0.25) is 5.82 Å². The standard InChI is InChI=1S/C24H29N7O3/c1-14(25)18-12-19(21(32)13-20(18)26)22-28-29-23(24(33)27-15-2-3-15)31(22)17-6-4-16(5-7-17)30-8-10-34-11-9-30/h4-7,12-15,32H,2-3,8-11,25-26H2,1H3,(H,27,33). The van der Waals surface area contributed by atoms with E-state index in [2.05, 4.69) is 20.4 Å². The highest BCUT2D eigenvalue weighted by Gasteiger charge is 2.29. The summed E-state index contributed by atoms with van der Waals surface area (Å²) in [7, 11) is 0. The fourth-order valence-corrected chi connectivity index (χ4v) is 4.16. The summed E-state index contributed by atoms with van der Waals surface area (Å²) >= 11 is 0. The minimum atomic E-state index is -0.346. The van der Waals surface area contributed by atoms with Crippen LogP contribution >= 0.6 is 0 Å². The first-order chi connectivity index (χ1) is 16.4. The lowest BCUT2D eigenvalue weighted by Crippen LogP contribution is -2.36. The molecule has 10 heteroatoms. The predicted molar refractivity (Wildman–Crippen MR) is 129 cm³/mol. The smallest absolute Gasteiger partial charge is 0.289 e. The molecule has 1 amide bonds. The minimum Gasteiger partial charge on any atom is -0.507 e. The van der Waals surface area contributed by atoms with Crippen molar-refractivity contribution in [2.45, 2.75) is 31.8 Å². The van der Waals surface area contributed by atoms with Crippen LogP contribution in [0.15, 0.2) is 36.4 Å². The molecule has 1 unspecified atom stereocenters. The van der Waals surface area contributed by atoms with Crippen molar-refractivity contribution >= 4 is 17.3 Å². The molecule has 10 nitrogen and oxygen atoms in total. The summed E-state index contributed by atoms with van der Waals surface area (Å²) in [6.07, 6.45) is 1.91. The molecule has 2 aliphatic rings. The zero-order valence-corrected chi connectivity index (χ0v) is 19.1. The lowest BCUT2D eigenvalue weighted by Gasteiger charge is -2.29. The Hall–Kier alpha value is -3.63. The van der Waals surface area contributed by atoms with Gasteiger partial charge in [0.05, 0.1) is 18.8 Å². The van der Waals surface area contributed by atoms with Crippen molar-refractivity contribution in [1.82, 2.24) is 20.1 Å². The average Bonchev–Trinajstić information content (AvgIpc) is 3.54. The van der Waals surface area contributed by atoms with E-state index in [-0.39, 0.29) is 29.6 Å². The van der Waals surface area contributed by atoms with Crippen molar-refractivity contribution in [3.8, 4) is 22.8 Å². The third-order valence-corrected chi connectivity index (χ3v) is 6.20. The van der Waals surface area contributed by atoms with Gasteiger partial charge in [-0.2, -0.15) is 0 Å². The molecule has 0 spiro atoms. The molecule has 1 aromatic heterocycles. The first kappa shape index (κ1) is 22.2. The second-order valence-electron chi connectivity index (χ2n) is 8.83. The first-order valence-electron chi connectivity index (χ1n) is 11.5. The number of nitrogen functional groups attached to an aromatic ring is 1. The number of morpholine rings is 1. The number of benzene rings is 2. The zero-order chi connectivity index (χ0) is 23.8. The SMILES string of the molecule is CC(N)c1cc(-c2nnc(C(=O)NC3CC3)n2-c2ccc(N3CCOCC3)cc2)c(O)cc1N. The predicted octanol–water partition coefficient (Wildman–Crippen LogP) is 1.97. The molecule has 6 N–H and O–H groups in total. The second kappa shape index (κ2) is 8.96. The van der Waals surface area contributed by atoms with Crippen LogP contribution in [0.4, 0.5) is 11.4 Å². The third-order valence-electron chi connectivity index (χ3n) is 6.20. The largest absolute Gasteiger partial charge is 0.507 e. The van der Waals surface area contributed by atoms with Gasteiger partial charge >= 0.3 is 0 Å². The number of hydrogen-bond donors (Lipinski definition) is 4. The molecule has 3 aromatic rings. The summed E-state index contributed by atoms with van der Waals surface area (Å²) in [5, 5.41) is 22.2. The Balaban J connectivity index is 1.59. The zero-order valence-electron chi connectivity index (χ0n) is 19.1. The van der Waals surface area contributed by atoms with Crippen LogP contribution in [0.25, 0.3) is 17.1 Å². The molecule has 0 bridgehead atoms. The number of anilines is 2. The summed E-state index contributed by atoms with van der Waals surface area (Å²) < 4.78 is 7.11. The molecular formula is C24H29N7O3. The fraction of sp³-hybridized carbons (Fsp3) is 0.375. The van der Waals surface area contributed by atoms with E-state index in [0.717, 1.165) is 31.6 Å². The van der Waals surface area contributed by atoms with Gasteiger partial charge in [0.25, 0.3) is 5.91 Å². The Morgan fingerprint density at radius 2 is 1.82 bits per heavy atom. The number of nitrogens with one attached hydrogen (secondary N) is 1. The van der Waals surface area contributed by atoms with Gasteiger partial charge in [-0.05, 0) is 55.7 Å². The lowest BCUT2D eigenvalue weighted by atomic mass is 10.0. The topological polar surface area (TPSA) is 145 Å². The quantitative estimate of drug-likeness (QED) is 0.406. The number of hydrogen-bond acceptors (Lipinski definition) is 8. The summed E-state index contributed by atoms with van der Waals surface area (Å²) in [4.78, 5) is 15.3. The molecular weight excluding hydrogens is 434 g/mol. The molecule has 1 aliphatic heterocycles. The van der Waals surface area contributed by atoms with Gasteiger partial charge < -0.3 is 31.5 Å². The molecule has 2 aromatic carbocycles. The number of ether oxygens (including phenoxy) is 1. The van der Waals surface area contributed by atoms with E-state index in [1.807, 2.05) is 31.2 Å². The van der Waals surface area contributed by atoms with Crippen LogP contribution in [0.5, 0.6) is 5.75 Å². The number of rotatable bonds is 6. The number of phenolic OH excluding ortho intramolecular Hbond substituents is 1. The molecule has 178 valence electrons. The van der Waals surface area contributed by atoms with E-state index in [1.165, 1.54) is 6.07 Å². The van der Waals surface area contributed by atoms with Gasteiger partial charge in [0, 0.05) is 48.3 Å². The number of aromatic hydroxyl groups is 1. The fourth-order valence-electron chi connectivity index (χ4n) is 4.16. The highest BCUT2D eigenvalue weighted by molar-refractivity contribution is 5.92. The van der Waals surface area contributed by atoms with Crippen molar-refractivity contribution in [3.05, 3.63) is 47.8 Å². The molecule has 34 heavy (non-hydrogen) atoms. The van der Waals surface area contributed by atoms with Gasteiger partial charge in [-0.15, -0.1) is 10.2 Å². The van der Waals surface area contributed by atoms with E-state index in [1.54, 1.807) is 10.6 Å². The molecule has 1 saturated carbocycles. The van der Waals surface area contributed by atoms with Gasteiger partial charge in [0.15, 0.2) is 5.82 Å². The maximum absolute atomic E-state index is 13.0. The van der Waals surface area contributed by atoms with Crippen LogP contribution in [0.1, 0.15) is 42.0 Å². The maximum Gasteiger partial charge on any atom is 0.289 e. The van der Waals surface area contributed by atoms with Crippen LogP contribution in [-0.4, -0.2) is 58.1 Å². The van der Waals surface area contributed by atoms with E-state index < -0.39 is 0 Å². The van der Waals surface area contributed by atoms with Crippen LogP contribution in [-0.2, 0) is 4.74 Å². The van der Waals surface area contributed by atoms with E-state index in [4.69, 9.17) is 16.2 Å². The monoisotopic (exact) mass is 463 g/mol. The van der Waals surface area contributed by atoms with Gasteiger partial charge in [-0.25, -0.2) is 0 Å². The van der Waals surface area contributed by atoms with E-state index >= 15 is 0 Å². The molecule has 1 atom stereocenters. The molecule has 5 rings (SSSR count). The molecule has 2 fully saturated rings. The average molecular weight is 464 g/mol. The highest BCUT2D eigenvalue weighted by Crippen LogP contribution is 2.36. The van der Waals surface area contributed by atoms with Crippen LogP contribution < -0.4 is 21.7 Å². The second-order valence-corrected chi connectivity index (χ2v) is 8.83. The number of amides is 1. The van der Waals surface area contributed by atoms with E-state index in [0.29, 0.717) is 41.5 Å². The number of carbonyl (C=O) groups excluding carboxylic acids is 1. The number of nitrogens with zero attached hydrogens (tertiary/aromatic N) is 4. The molecule has 2 heterocycles. The van der Waals surface area contributed by atoms with Gasteiger partial charge in [-0.3, -0.25) is 9.36 Å². The van der Waals surface area contributed by atoms with Gasteiger partial charge in [0.1, 0.15) is 5.75 Å². The Bertz CT molecular complexity index is 1200. The lowest BCUT2D eigenvalue weighted by molar-refractivity contribution is 0.0938. The number of aromatic nitrogens is 3. The van der Waals surface area contributed by atoms with Crippen molar-refractivity contribution in [1.29, 1.82) is 0 Å². The number of phenols is 1. The van der Waals surface area contributed by atoms with Crippen LogP contribution in [0, 0.1) is 0 Å². The van der Waals surface area contributed by atoms with Crippen molar-refractivity contribution < 1.29 is 14.6 Å². The highest BCUT2D eigenvalue weighted by atomic mass is 16.5. The van der Waals surface area contributed by atoms with Gasteiger partial charge in [-0.1, -0.05) is 0 Å². The Labute approximate surface area is 197 Å². The van der Waals surface area contributed by atoms with Crippen LogP contribution in [0.3, 0.4) is 0 Å². The van der Waals surface area contributed by atoms with Crippen molar-refractivity contribution in [2.75, 3.05) is 36.9 Å². The van der Waals surface area contributed by atoms with Crippen molar-refractivity contribution in [2.24, 2.45) is 5.73 Å². The van der Waals surface area contributed by atoms with Crippen molar-refractivity contribution in [3.63, 3.8) is 0 Å². The third kappa shape index (κ3) is 4.29. The maximum atomic E-state index is 13.0. The van der Waals surface area contributed by atoms with E-state index in [9.17, 15) is 9.90 Å². The first-order valence-corrected chi connectivity index (χ1v) is 11.5.